The fourth-order valence-corrected chi connectivity index (χ4v) is 2.74. The molecular formula is C20H21F2IN4O3. The minimum atomic E-state index is -2.96. The van der Waals surface area contributed by atoms with Crippen LogP contribution in [0.25, 0.3) is 0 Å². The van der Waals surface area contributed by atoms with Gasteiger partial charge in [-0.05, 0) is 30.7 Å². The van der Waals surface area contributed by atoms with Gasteiger partial charge < -0.3 is 24.8 Å². The molecule has 0 saturated heterocycles. The zero-order valence-corrected chi connectivity index (χ0v) is 18.5. The van der Waals surface area contributed by atoms with Gasteiger partial charge in [0.25, 0.3) is 0 Å². The van der Waals surface area contributed by atoms with Crippen molar-refractivity contribution < 1.29 is 23.0 Å². The van der Waals surface area contributed by atoms with Gasteiger partial charge in [-0.2, -0.15) is 14.0 Å². The Kier molecular flexibility index (Phi) is 8.91. The van der Waals surface area contributed by atoms with Gasteiger partial charge in [0.1, 0.15) is 5.75 Å². The number of nitriles is 1. The van der Waals surface area contributed by atoms with Crippen molar-refractivity contribution in [3.8, 4) is 23.3 Å². The minimum absolute atomic E-state index is 0. The van der Waals surface area contributed by atoms with Gasteiger partial charge in [0, 0.05) is 24.7 Å². The highest BCUT2D eigenvalue weighted by atomic mass is 127. The number of hydrogen-bond donors (Lipinski definition) is 2. The van der Waals surface area contributed by atoms with Crippen molar-refractivity contribution in [2.75, 3.05) is 13.3 Å². The summed E-state index contributed by atoms with van der Waals surface area (Å²) >= 11 is 0. The second kappa shape index (κ2) is 11.4. The summed E-state index contributed by atoms with van der Waals surface area (Å²) in [6.45, 7) is 0.148. The molecule has 1 aliphatic heterocycles. The molecule has 2 N–H and O–H groups in total. The maximum atomic E-state index is 12.8. The van der Waals surface area contributed by atoms with Crippen molar-refractivity contribution >= 4 is 29.9 Å². The van der Waals surface area contributed by atoms with Crippen LogP contribution >= 0.6 is 24.0 Å². The van der Waals surface area contributed by atoms with Crippen LogP contribution < -0.4 is 24.8 Å². The first-order valence-electron chi connectivity index (χ1n) is 8.97. The summed E-state index contributed by atoms with van der Waals surface area (Å²) in [6.07, 6.45) is 0. The SMILES string of the molecule is CCNC(=NCc1cccc(C#N)c1)NCc1cc2c(cc1OC(F)F)OCO2.I. The van der Waals surface area contributed by atoms with Gasteiger partial charge in [-0.1, -0.05) is 12.1 Å². The summed E-state index contributed by atoms with van der Waals surface area (Å²) in [6, 6.07) is 12.2. The predicted octanol–water partition coefficient (Wildman–Crippen LogP) is 3.76. The molecule has 0 radical (unpaired) electrons. The van der Waals surface area contributed by atoms with E-state index in [4.69, 9.17) is 14.7 Å². The van der Waals surface area contributed by atoms with E-state index in [0.717, 1.165) is 5.56 Å². The summed E-state index contributed by atoms with van der Waals surface area (Å²) in [5.41, 5.74) is 1.92. The summed E-state index contributed by atoms with van der Waals surface area (Å²) in [5, 5.41) is 15.2. The summed E-state index contributed by atoms with van der Waals surface area (Å²) in [7, 11) is 0. The van der Waals surface area contributed by atoms with Gasteiger partial charge in [-0.15, -0.1) is 24.0 Å². The predicted molar refractivity (Wildman–Crippen MR) is 117 cm³/mol. The molecule has 30 heavy (non-hydrogen) atoms. The Labute approximate surface area is 190 Å². The van der Waals surface area contributed by atoms with E-state index in [1.165, 1.54) is 6.07 Å². The molecule has 1 aliphatic rings. The van der Waals surface area contributed by atoms with Crippen molar-refractivity contribution in [1.82, 2.24) is 10.6 Å². The van der Waals surface area contributed by atoms with E-state index in [-0.39, 0.29) is 43.1 Å². The number of alkyl halides is 2. The number of aliphatic imine (C=N–C) groups is 1. The quantitative estimate of drug-likeness (QED) is 0.322. The summed E-state index contributed by atoms with van der Waals surface area (Å²) in [4.78, 5) is 4.48. The summed E-state index contributed by atoms with van der Waals surface area (Å²) < 4.78 is 40.7. The Morgan fingerprint density at radius 1 is 1.23 bits per heavy atom. The van der Waals surface area contributed by atoms with E-state index < -0.39 is 6.61 Å². The average molecular weight is 530 g/mol. The number of guanidine groups is 1. The third-order valence-corrected chi connectivity index (χ3v) is 4.04. The second-order valence-electron chi connectivity index (χ2n) is 6.05. The van der Waals surface area contributed by atoms with Gasteiger partial charge in [-0.3, -0.25) is 0 Å². The van der Waals surface area contributed by atoms with E-state index in [2.05, 4.69) is 26.4 Å². The van der Waals surface area contributed by atoms with E-state index in [1.807, 2.05) is 13.0 Å². The Hall–Kier alpha value is -2.81. The van der Waals surface area contributed by atoms with Gasteiger partial charge in [0.2, 0.25) is 6.79 Å². The fourth-order valence-electron chi connectivity index (χ4n) is 2.74. The molecule has 0 bridgehead atoms. The van der Waals surface area contributed by atoms with Crippen LogP contribution in [0.1, 0.15) is 23.6 Å². The van der Waals surface area contributed by atoms with E-state index in [9.17, 15) is 8.78 Å². The van der Waals surface area contributed by atoms with Crippen molar-refractivity contribution in [2.45, 2.75) is 26.6 Å². The second-order valence-corrected chi connectivity index (χ2v) is 6.05. The highest BCUT2D eigenvalue weighted by Gasteiger charge is 2.20. The fraction of sp³-hybridized carbons (Fsp3) is 0.300. The smallest absolute Gasteiger partial charge is 0.387 e. The molecule has 2 aromatic carbocycles. The molecule has 0 amide bonds. The number of halogens is 3. The molecule has 0 saturated carbocycles. The number of fused-ring (bicyclic) bond motifs is 1. The molecule has 10 heteroatoms. The largest absolute Gasteiger partial charge is 0.454 e. The Bertz CT molecular complexity index is 935. The standard InChI is InChI=1S/C20H20F2N4O3.HI/c1-2-24-20(25-10-14-5-3-4-13(6-14)9-23)26-11-15-7-17-18(28-12-27-17)8-16(15)29-19(21)22;/h3-8,19H,2,10-12H2,1H3,(H2,24,25,26);1H. The Morgan fingerprint density at radius 2 is 2.00 bits per heavy atom. The molecular weight excluding hydrogens is 509 g/mol. The zero-order valence-electron chi connectivity index (χ0n) is 16.2. The van der Waals surface area contributed by atoms with Crippen LogP contribution in [-0.2, 0) is 13.1 Å². The number of nitrogens with one attached hydrogen (secondary N) is 2. The van der Waals surface area contributed by atoms with Crippen LogP contribution in [0.15, 0.2) is 41.4 Å². The number of hydrogen-bond acceptors (Lipinski definition) is 5. The number of nitrogens with zero attached hydrogens (tertiary/aromatic N) is 2. The third kappa shape index (κ3) is 6.35. The lowest BCUT2D eigenvalue weighted by atomic mass is 10.1. The number of rotatable bonds is 7. The molecule has 2 aromatic rings. The number of benzene rings is 2. The molecule has 0 atom stereocenters. The van der Waals surface area contributed by atoms with Gasteiger partial charge in [0.15, 0.2) is 17.5 Å². The first kappa shape index (κ1) is 23.5. The van der Waals surface area contributed by atoms with Gasteiger partial charge in [-0.25, -0.2) is 4.99 Å². The zero-order chi connectivity index (χ0) is 20.6. The van der Waals surface area contributed by atoms with Crippen LogP contribution in [0.3, 0.4) is 0 Å². The highest BCUT2D eigenvalue weighted by molar-refractivity contribution is 14.0. The third-order valence-electron chi connectivity index (χ3n) is 4.04. The molecule has 0 fully saturated rings. The maximum Gasteiger partial charge on any atom is 0.387 e. The van der Waals surface area contributed by atoms with Crippen LogP contribution in [0.2, 0.25) is 0 Å². The molecule has 0 aromatic heterocycles. The lowest BCUT2D eigenvalue weighted by Gasteiger charge is -2.15. The van der Waals surface area contributed by atoms with E-state index in [0.29, 0.717) is 41.7 Å². The molecule has 1 heterocycles. The van der Waals surface area contributed by atoms with E-state index >= 15 is 0 Å². The monoisotopic (exact) mass is 530 g/mol. The normalized spacial score (nSPS) is 12.2. The van der Waals surface area contributed by atoms with Crippen LogP contribution in [-0.4, -0.2) is 25.9 Å². The van der Waals surface area contributed by atoms with Gasteiger partial charge in [0.05, 0.1) is 18.2 Å². The first-order valence-corrected chi connectivity index (χ1v) is 8.97. The van der Waals surface area contributed by atoms with E-state index in [1.54, 1.807) is 24.3 Å². The van der Waals surface area contributed by atoms with Crippen molar-refractivity contribution in [2.24, 2.45) is 4.99 Å². The van der Waals surface area contributed by atoms with Crippen LogP contribution in [0.4, 0.5) is 8.78 Å². The van der Waals surface area contributed by atoms with Gasteiger partial charge >= 0.3 is 6.61 Å². The Balaban J connectivity index is 0.00000320. The molecule has 0 unspecified atom stereocenters. The molecule has 7 nitrogen and oxygen atoms in total. The van der Waals surface area contributed by atoms with Crippen LogP contribution in [0.5, 0.6) is 17.2 Å². The van der Waals surface area contributed by atoms with Crippen molar-refractivity contribution in [3.05, 3.63) is 53.1 Å². The molecule has 160 valence electrons. The topological polar surface area (TPSA) is 87.9 Å². The molecule has 0 spiro atoms. The van der Waals surface area contributed by atoms with Crippen molar-refractivity contribution in [3.63, 3.8) is 0 Å². The first-order chi connectivity index (χ1) is 14.1. The number of ether oxygens (including phenoxy) is 3. The lowest BCUT2D eigenvalue weighted by Crippen LogP contribution is -2.36. The van der Waals surface area contributed by atoms with Crippen LogP contribution in [0, 0.1) is 11.3 Å². The summed E-state index contributed by atoms with van der Waals surface area (Å²) in [5.74, 6) is 1.34. The molecule has 0 aliphatic carbocycles. The minimum Gasteiger partial charge on any atom is -0.454 e. The highest BCUT2D eigenvalue weighted by Crippen LogP contribution is 2.38. The maximum absolute atomic E-state index is 12.8. The molecule has 3 rings (SSSR count). The Morgan fingerprint density at radius 3 is 2.70 bits per heavy atom. The van der Waals surface area contributed by atoms with Crippen molar-refractivity contribution in [1.29, 1.82) is 5.26 Å². The average Bonchev–Trinajstić information content (AvgIpc) is 3.17. The lowest BCUT2D eigenvalue weighted by molar-refractivity contribution is -0.0505.